The predicted octanol–water partition coefficient (Wildman–Crippen LogP) is 5.54. The Morgan fingerprint density at radius 1 is 0.750 bits per heavy atom. The minimum Gasteiger partial charge on any atom is -0.307 e. The minimum atomic E-state index is 0.654. The van der Waals surface area contributed by atoms with Gasteiger partial charge in [-0.05, 0) is 36.2 Å². The van der Waals surface area contributed by atoms with E-state index in [1.54, 1.807) is 0 Å². The molecule has 0 fully saturated rings. The Bertz CT molecular complexity index is 1280. The normalized spacial score (nSPS) is 11.3. The molecule has 0 aliphatic heterocycles. The van der Waals surface area contributed by atoms with Gasteiger partial charge in [-0.15, -0.1) is 0 Å². The summed E-state index contributed by atoms with van der Waals surface area (Å²) in [6.45, 7) is 0.759. The van der Waals surface area contributed by atoms with E-state index in [1.165, 1.54) is 5.56 Å². The smallest absolute Gasteiger partial charge is 0.198 e. The van der Waals surface area contributed by atoms with E-state index in [-0.39, 0.29) is 0 Å². The molecule has 0 saturated carbocycles. The third-order valence-electron chi connectivity index (χ3n) is 4.81. The molecule has 28 heavy (non-hydrogen) atoms. The second-order valence-electron chi connectivity index (χ2n) is 6.69. The lowest BCUT2D eigenvalue weighted by Crippen LogP contribution is -2.05. The van der Waals surface area contributed by atoms with E-state index in [0.717, 1.165) is 41.0 Å². The standard InChI is InChI=1S/C23H17ClN4/c24-18-10-6-9-17(15-18)22-27-21-23(26-20-12-5-4-11-19(20)25-21)28(22)14-13-16-7-2-1-3-8-16/h1-12,15H,13-14H2. The SMILES string of the molecule is Clc1cccc(-c2nc3nc4ccccc4nc3n2CCc2ccccc2)c1. The third kappa shape index (κ3) is 3.12. The quantitative estimate of drug-likeness (QED) is 0.408. The number of para-hydroxylation sites is 2. The van der Waals surface area contributed by atoms with Crippen molar-refractivity contribution in [3.63, 3.8) is 0 Å². The lowest BCUT2D eigenvalue weighted by molar-refractivity contribution is 0.718. The highest BCUT2D eigenvalue weighted by Gasteiger charge is 2.16. The van der Waals surface area contributed by atoms with Gasteiger partial charge in [0.2, 0.25) is 0 Å². The molecule has 0 unspecified atom stereocenters. The van der Waals surface area contributed by atoms with Crippen LogP contribution in [0.5, 0.6) is 0 Å². The lowest BCUT2D eigenvalue weighted by atomic mass is 10.1. The molecule has 2 aromatic heterocycles. The Hall–Kier alpha value is -3.24. The Kier molecular flexibility index (Phi) is 4.26. The number of hydrogen-bond donors (Lipinski definition) is 0. The molecule has 0 saturated heterocycles. The van der Waals surface area contributed by atoms with Crippen LogP contribution in [0.1, 0.15) is 5.56 Å². The first-order valence-corrected chi connectivity index (χ1v) is 9.58. The molecule has 0 atom stereocenters. The molecule has 0 N–H and O–H groups in total. The maximum atomic E-state index is 6.24. The number of benzene rings is 3. The molecule has 5 aromatic rings. The summed E-state index contributed by atoms with van der Waals surface area (Å²) in [6, 6.07) is 26.1. The molecule has 0 aliphatic carbocycles. The number of aromatic nitrogens is 4. The molecule has 5 heteroatoms. The largest absolute Gasteiger partial charge is 0.307 e. The topological polar surface area (TPSA) is 43.6 Å². The van der Waals surface area contributed by atoms with Crippen LogP contribution in [0.2, 0.25) is 5.02 Å². The zero-order chi connectivity index (χ0) is 18.9. The molecule has 5 rings (SSSR count). The summed E-state index contributed by atoms with van der Waals surface area (Å²) in [5.41, 5.74) is 5.40. The second-order valence-corrected chi connectivity index (χ2v) is 7.13. The van der Waals surface area contributed by atoms with Gasteiger partial charge in [0.05, 0.1) is 11.0 Å². The van der Waals surface area contributed by atoms with E-state index < -0.39 is 0 Å². The fourth-order valence-electron chi connectivity index (χ4n) is 3.44. The maximum absolute atomic E-state index is 6.24. The number of nitrogens with zero attached hydrogens (tertiary/aromatic N) is 4. The first-order chi connectivity index (χ1) is 13.8. The van der Waals surface area contributed by atoms with Crippen molar-refractivity contribution in [3.8, 4) is 11.4 Å². The molecule has 0 bridgehead atoms. The van der Waals surface area contributed by atoms with Gasteiger partial charge in [0.25, 0.3) is 0 Å². The van der Waals surface area contributed by atoms with Crippen LogP contribution in [0.15, 0.2) is 78.9 Å². The van der Waals surface area contributed by atoms with Gasteiger partial charge in [0.15, 0.2) is 11.3 Å². The van der Waals surface area contributed by atoms with Gasteiger partial charge in [0.1, 0.15) is 5.82 Å². The van der Waals surface area contributed by atoms with Gasteiger partial charge < -0.3 is 4.57 Å². The van der Waals surface area contributed by atoms with E-state index >= 15 is 0 Å². The summed E-state index contributed by atoms with van der Waals surface area (Å²) >= 11 is 6.24. The Balaban J connectivity index is 1.68. The summed E-state index contributed by atoms with van der Waals surface area (Å²) in [5, 5.41) is 0.685. The zero-order valence-electron chi connectivity index (χ0n) is 15.1. The van der Waals surface area contributed by atoms with E-state index in [9.17, 15) is 0 Å². The summed E-state index contributed by atoms with van der Waals surface area (Å²) in [5.74, 6) is 0.837. The average Bonchev–Trinajstić information content (AvgIpc) is 3.08. The number of rotatable bonds is 4. The summed E-state index contributed by atoms with van der Waals surface area (Å²) < 4.78 is 2.15. The van der Waals surface area contributed by atoms with E-state index in [2.05, 4.69) is 28.8 Å². The Morgan fingerprint density at radius 2 is 1.50 bits per heavy atom. The minimum absolute atomic E-state index is 0.654. The summed E-state index contributed by atoms with van der Waals surface area (Å²) in [6.07, 6.45) is 0.883. The summed E-state index contributed by atoms with van der Waals surface area (Å²) in [4.78, 5) is 14.4. The molecule has 3 aromatic carbocycles. The van der Waals surface area contributed by atoms with Crippen molar-refractivity contribution in [2.24, 2.45) is 0 Å². The number of imidazole rings is 1. The van der Waals surface area contributed by atoms with Crippen molar-refractivity contribution in [1.82, 2.24) is 19.5 Å². The van der Waals surface area contributed by atoms with Crippen molar-refractivity contribution in [2.45, 2.75) is 13.0 Å². The number of aryl methyl sites for hydroxylation is 2. The first kappa shape index (κ1) is 16.9. The third-order valence-corrected chi connectivity index (χ3v) is 5.04. The fraction of sp³-hybridized carbons (Fsp3) is 0.0870. The van der Waals surface area contributed by atoms with Crippen LogP contribution >= 0.6 is 11.6 Å². The molecule has 0 aliphatic rings. The van der Waals surface area contributed by atoms with Crippen LogP contribution in [0.3, 0.4) is 0 Å². The molecular weight excluding hydrogens is 368 g/mol. The van der Waals surface area contributed by atoms with E-state index in [0.29, 0.717) is 10.7 Å². The van der Waals surface area contributed by atoms with Crippen LogP contribution in [0.25, 0.3) is 33.7 Å². The predicted molar refractivity (Wildman–Crippen MR) is 113 cm³/mol. The van der Waals surface area contributed by atoms with Crippen LogP contribution < -0.4 is 0 Å². The van der Waals surface area contributed by atoms with Crippen molar-refractivity contribution < 1.29 is 0 Å². The Morgan fingerprint density at radius 3 is 2.29 bits per heavy atom. The highest BCUT2D eigenvalue weighted by Crippen LogP contribution is 2.27. The number of fused-ring (bicyclic) bond motifs is 2. The Labute approximate surface area is 167 Å². The molecule has 0 radical (unpaired) electrons. The fourth-order valence-corrected chi connectivity index (χ4v) is 3.63. The monoisotopic (exact) mass is 384 g/mol. The summed E-state index contributed by atoms with van der Waals surface area (Å²) in [7, 11) is 0. The van der Waals surface area contributed by atoms with Crippen molar-refractivity contribution in [3.05, 3.63) is 89.4 Å². The zero-order valence-corrected chi connectivity index (χ0v) is 15.8. The van der Waals surface area contributed by atoms with Crippen LogP contribution in [-0.2, 0) is 13.0 Å². The number of hydrogen-bond acceptors (Lipinski definition) is 3. The van der Waals surface area contributed by atoms with Crippen molar-refractivity contribution in [1.29, 1.82) is 0 Å². The number of halogens is 1. The van der Waals surface area contributed by atoms with Crippen LogP contribution in [-0.4, -0.2) is 19.5 Å². The van der Waals surface area contributed by atoms with Gasteiger partial charge >= 0.3 is 0 Å². The van der Waals surface area contributed by atoms with E-state index in [4.69, 9.17) is 26.6 Å². The molecule has 2 heterocycles. The highest BCUT2D eigenvalue weighted by molar-refractivity contribution is 6.30. The van der Waals surface area contributed by atoms with Gasteiger partial charge in [-0.25, -0.2) is 15.0 Å². The van der Waals surface area contributed by atoms with Gasteiger partial charge in [-0.1, -0.05) is 66.2 Å². The first-order valence-electron chi connectivity index (χ1n) is 9.21. The van der Waals surface area contributed by atoms with Gasteiger partial charge in [-0.2, -0.15) is 0 Å². The van der Waals surface area contributed by atoms with Gasteiger partial charge in [0, 0.05) is 17.1 Å². The molecule has 136 valence electrons. The van der Waals surface area contributed by atoms with Crippen LogP contribution in [0, 0.1) is 0 Å². The molecule has 0 amide bonds. The lowest BCUT2D eigenvalue weighted by Gasteiger charge is -2.09. The molecule has 0 spiro atoms. The maximum Gasteiger partial charge on any atom is 0.198 e. The van der Waals surface area contributed by atoms with Crippen LogP contribution in [0.4, 0.5) is 0 Å². The average molecular weight is 385 g/mol. The van der Waals surface area contributed by atoms with E-state index in [1.807, 2.05) is 54.6 Å². The highest BCUT2D eigenvalue weighted by atomic mass is 35.5. The van der Waals surface area contributed by atoms with Gasteiger partial charge in [-0.3, -0.25) is 0 Å². The second kappa shape index (κ2) is 7.06. The molecular formula is C23H17ClN4. The molecule has 4 nitrogen and oxygen atoms in total. The van der Waals surface area contributed by atoms with Crippen molar-refractivity contribution >= 4 is 33.9 Å². The van der Waals surface area contributed by atoms with Crippen molar-refractivity contribution in [2.75, 3.05) is 0 Å².